The Labute approximate surface area is 633 Å². The zero-order valence-electron chi connectivity index (χ0n) is 63.2. The SMILES string of the molecule is CC(=O)OCC1O[C@@H](O[C@@H]2C(CO[Si](c3ccccc3)(c3ccccc3)C(C)(C)C)O[C@@H](O[C@H]3C(COC(C)=O)O[C@@H](C)C(C)[C@@H]3OCc3ccccc3)C(N=[N+]=[N-])[C@H]2C)C(OC(=O)c2ccccc2)[C@@H](C)[C@@H]1O[C@@H]1OC(CO[Si](c2ccccc2)(c2ccccc2)C(C)(C)C)[C@@H](C)[C@H](P[B]B=O)C1N=[N+]=[N-]. The van der Waals surface area contributed by atoms with Gasteiger partial charge in [-0.2, -0.15) is 0 Å². The van der Waals surface area contributed by atoms with E-state index < -0.39 is 161 Å². The fourth-order valence-electron chi connectivity index (χ4n) is 15.6. The minimum absolute atomic E-state index is 0.0513. The Morgan fingerprint density at radius 3 is 1.36 bits per heavy atom. The molecule has 0 saturated carbocycles. The van der Waals surface area contributed by atoms with Crippen LogP contribution in [0.2, 0.25) is 10.1 Å². The number of benzene rings is 6. The molecule has 0 N–H and O–H groups in total. The Morgan fingerprint density at radius 1 is 0.477 bits per heavy atom. The quantitative estimate of drug-likeness (QED) is 0.00770. The molecule has 4 aliphatic heterocycles. The summed E-state index contributed by atoms with van der Waals surface area (Å²) in [5.74, 6) is -4.45. The van der Waals surface area contributed by atoms with Crippen LogP contribution in [0.25, 0.3) is 20.9 Å². The number of nitrogens with zero attached hydrogens (tertiary/aromatic N) is 6. The maximum absolute atomic E-state index is 14.9. The van der Waals surface area contributed by atoms with Crippen LogP contribution in [0, 0.1) is 23.7 Å². The molecule has 0 spiro atoms. The van der Waals surface area contributed by atoms with Crippen LogP contribution < -0.4 is 20.7 Å². The van der Waals surface area contributed by atoms with E-state index in [0.29, 0.717) is 0 Å². The third-order valence-electron chi connectivity index (χ3n) is 21.2. The van der Waals surface area contributed by atoms with Gasteiger partial charge in [-0.3, -0.25) is 4.79 Å². The Hall–Kier alpha value is -7.26. The Bertz CT molecular complexity index is 3880. The Kier molecular flexibility index (Phi) is 28.8. The Morgan fingerprint density at radius 2 is 0.879 bits per heavy atom. The number of azide groups is 2. The van der Waals surface area contributed by atoms with Gasteiger partial charge in [0.05, 0.1) is 31.5 Å². The normalized spacial score (nSPS) is 29.1. The number of ether oxygens (including phenoxy) is 11. The summed E-state index contributed by atoms with van der Waals surface area (Å²) in [6.45, 7) is 26.0. The van der Waals surface area contributed by atoms with Gasteiger partial charge in [0.2, 0.25) is 0 Å². The van der Waals surface area contributed by atoms with Gasteiger partial charge in [-0.05, 0) is 51.5 Å². The summed E-state index contributed by atoms with van der Waals surface area (Å²) in [6.07, 6.45) is -14.2. The molecule has 4 aliphatic rings. The standard InChI is InChI=1S/C79H100B2N6O17PSi2/c1-49-53(5)97-64(46-93-55(7)89)72(70(49)94-44-56-32-20-14-21-33-56)104-75-66(84-86-82)51(3)68(65(99-75)48-96-107(79(11,12)13,60-40-28-18-29-41-60)61-42-30-19-31-43-61)103-77-71(101-74(90)57-34-22-15-23-35-57)52(4)69(63(100-77)45-92-54(6)88)102-76-67(85-87-83)73(105-81-80-91)50(2)62(98-76)47-95-106(78(8,9)10,58-36-24-16-25-37-58)59-38-26-17-27-39-59/h14-43,49-53,62-73,75-77,105H,44-48H2,1-13H3/t49?,50-,51-,52+,53+,62?,63?,64?,65?,66?,67?,68+,69+,70+,71?,72+,73+,75+,76+,77+/m1/s1. The molecule has 4 fully saturated rings. The van der Waals surface area contributed by atoms with Gasteiger partial charge in [0, 0.05) is 17.8 Å². The van der Waals surface area contributed by atoms with E-state index in [1.54, 1.807) is 37.3 Å². The molecule has 107 heavy (non-hydrogen) atoms. The van der Waals surface area contributed by atoms with Gasteiger partial charge in [0.1, 0.15) is 24.9 Å². The fraction of sp³-hybridized carbons (Fsp3) is 0.506. The van der Waals surface area contributed by atoms with E-state index in [1.807, 2.05) is 131 Å². The average Bonchev–Trinajstić information content (AvgIpc) is 0.747. The summed E-state index contributed by atoms with van der Waals surface area (Å²) in [7, 11) is -6.11. The fourth-order valence-corrected chi connectivity index (χ4v) is 26.0. The van der Waals surface area contributed by atoms with Crippen molar-refractivity contribution in [2.75, 3.05) is 26.4 Å². The molecule has 28 heteroatoms. The number of hydrogen-bond donors (Lipinski definition) is 0. The van der Waals surface area contributed by atoms with Crippen LogP contribution >= 0.6 is 8.46 Å². The molecule has 9 unspecified atom stereocenters. The molecular weight excluding hydrogens is 1410 g/mol. The van der Waals surface area contributed by atoms with Crippen LogP contribution in [0.15, 0.2) is 192 Å². The van der Waals surface area contributed by atoms with Gasteiger partial charge >= 0.3 is 314 Å². The van der Waals surface area contributed by atoms with Crippen molar-refractivity contribution in [3.63, 3.8) is 0 Å². The molecule has 0 bridgehead atoms. The van der Waals surface area contributed by atoms with Gasteiger partial charge in [-0.15, -0.1) is 0 Å². The monoisotopic (exact) mass is 1510 g/mol. The first kappa shape index (κ1) is 82.2. The van der Waals surface area contributed by atoms with Gasteiger partial charge in [-0.25, -0.2) is 0 Å². The second-order valence-corrected chi connectivity index (χ2v) is 40.1. The molecule has 0 aliphatic carbocycles. The first-order valence-corrected chi connectivity index (χ1v) is 41.7. The van der Waals surface area contributed by atoms with Crippen molar-refractivity contribution in [2.24, 2.45) is 33.9 Å². The van der Waals surface area contributed by atoms with E-state index in [-0.39, 0.29) is 52.3 Å². The summed E-state index contributed by atoms with van der Waals surface area (Å²) in [4.78, 5) is 47.5. The van der Waals surface area contributed by atoms with E-state index in [4.69, 9.17) is 61.0 Å². The molecule has 6 aromatic rings. The zero-order chi connectivity index (χ0) is 76.6. The van der Waals surface area contributed by atoms with Crippen molar-refractivity contribution in [1.82, 2.24) is 0 Å². The zero-order valence-corrected chi connectivity index (χ0v) is 66.2. The van der Waals surface area contributed by atoms with Crippen LogP contribution in [0.1, 0.15) is 106 Å². The van der Waals surface area contributed by atoms with E-state index in [1.165, 1.54) is 20.7 Å². The van der Waals surface area contributed by atoms with Crippen molar-refractivity contribution < 1.29 is 80.0 Å². The molecular formula is C79H100B2N6O17PSi2. The molecule has 10 rings (SSSR count). The van der Waals surface area contributed by atoms with Crippen molar-refractivity contribution in [3.05, 3.63) is 214 Å². The first-order valence-electron chi connectivity index (χ1n) is 36.7. The third kappa shape index (κ3) is 19.1. The van der Waals surface area contributed by atoms with Crippen LogP contribution in [0.3, 0.4) is 0 Å². The van der Waals surface area contributed by atoms with Gasteiger partial charge in [-0.1, -0.05) is 149 Å². The molecule has 23 nitrogen and oxygen atoms in total. The molecule has 4 heterocycles. The van der Waals surface area contributed by atoms with E-state index in [2.05, 4.69) is 110 Å². The summed E-state index contributed by atoms with van der Waals surface area (Å²) >= 11 is 0. The van der Waals surface area contributed by atoms with Crippen LogP contribution in [-0.4, -0.2) is 173 Å². The van der Waals surface area contributed by atoms with Crippen molar-refractivity contribution >= 4 is 77.7 Å². The van der Waals surface area contributed by atoms with Gasteiger partial charge in [0.25, 0.3) is 8.32 Å². The van der Waals surface area contributed by atoms with Gasteiger partial charge < -0.3 is 28.1 Å². The summed E-state index contributed by atoms with van der Waals surface area (Å²) < 4.78 is 103. The molecule has 4 saturated heterocycles. The molecule has 567 valence electrons. The average molecular weight is 1510 g/mol. The van der Waals surface area contributed by atoms with Crippen LogP contribution in [-0.2, 0) is 81.9 Å². The summed E-state index contributed by atoms with van der Waals surface area (Å²) in [5.41, 5.74) is 21.8. The van der Waals surface area contributed by atoms with Crippen molar-refractivity contribution in [1.29, 1.82) is 0 Å². The summed E-state index contributed by atoms with van der Waals surface area (Å²) in [6, 6.07) is 56.4. The third-order valence-corrected chi connectivity index (χ3v) is 32.8. The minimum atomic E-state index is -3.45. The number of esters is 3. The molecule has 1 radical (unpaired) electrons. The van der Waals surface area contributed by atoms with Crippen LogP contribution in [0.4, 0.5) is 0 Å². The number of carbonyl (C=O) groups is 3. The summed E-state index contributed by atoms with van der Waals surface area (Å²) in [5, 5.41) is 11.9. The van der Waals surface area contributed by atoms with E-state index in [0.717, 1.165) is 33.4 Å². The van der Waals surface area contributed by atoms with E-state index in [9.17, 15) is 30.2 Å². The molecule has 0 amide bonds. The second kappa shape index (κ2) is 37.4. The Balaban J connectivity index is 1.07. The predicted octanol–water partition coefficient (Wildman–Crippen LogP) is 11.7. The van der Waals surface area contributed by atoms with Crippen molar-refractivity contribution in [2.45, 2.75) is 204 Å². The number of rotatable bonds is 30. The molecule has 21 atom stereocenters. The maximum atomic E-state index is 14.9. The topological polar surface area (TPSA) is 286 Å². The second-order valence-electron chi connectivity index (χ2n) is 30.2. The first-order chi connectivity index (χ1) is 51.3. The van der Waals surface area contributed by atoms with Crippen LogP contribution in [0.5, 0.6) is 0 Å². The number of carbonyl (C=O) groups excluding carboxylic acids is 3. The van der Waals surface area contributed by atoms with Gasteiger partial charge in [0.15, 0.2) is 6.29 Å². The number of hydrogen-bond acceptors (Lipinski definition) is 19. The molecule has 0 aromatic heterocycles. The van der Waals surface area contributed by atoms with E-state index >= 15 is 0 Å². The van der Waals surface area contributed by atoms with Crippen molar-refractivity contribution in [3.8, 4) is 0 Å². The molecule has 6 aromatic carbocycles. The predicted molar refractivity (Wildman–Crippen MR) is 413 cm³/mol.